The number of carbonyl (C=O) groups is 1. The molecule has 1 heterocycles. The van der Waals surface area contributed by atoms with Gasteiger partial charge in [-0.1, -0.05) is 18.0 Å². The van der Waals surface area contributed by atoms with E-state index in [9.17, 15) is 4.79 Å². The topological polar surface area (TPSA) is 54.1 Å². The average Bonchev–Trinajstić information content (AvgIpc) is 2.15. The molecule has 1 N–H and O–H groups in total. The monoisotopic (exact) mass is 216 g/mol. The zero-order valence-corrected chi connectivity index (χ0v) is 8.74. The highest BCUT2D eigenvalue weighted by Crippen LogP contribution is 1.92. The van der Waals surface area contributed by atoms with E-state index in [1.165, 1.54) is 6.20 Å². The maximum absolute atomic E-state index is 10.5. The summed E-state index contributed by atoms with van der Waals surface area (Å²) in [5.74, 6) is -0.935. The molecule has 5 heteroatoms. The number of aromatic carboxylic acids is 1. The molecule has 4 nitrogen and oxygen atoms in total. The van der Waals surface area contributed by atoms with E-state index in [0.29, 0.717) is 0 Å². The largest absolute Gasteiger partial charge is 1.00 e. The van der Waals surface area contributed by atoms with Crippen LogP contribution >= 0.6 is 0 Å². The van der Waals surface area contributed by atoms with E-state index in [4.69, 9.17) is 5.11 Å². The molecule has 0 aromatic carbocycles. The molecule has 0 atom stereocenters. The summed E-state index contributed by atoms with van der Waals surface area (Å²) in [7, 11) is 0. The van der Waals surface area contributed by atoms with E-state index in [0.717, 1.165) is 19.4 Å². The Labute approximate surface area is 89.0 Å². The molecular formula is C9H13ClN2O2. The highest BCUT2D eigenvalue weighted by atomic mass is 35.5. The lowest BCUT2D eigenvalue weighted by atomic mass is 10.3. The van der Waals surface area contributed by atoms with Gasteiger partial charge in [0.25, 0.3) is 0 Å². The molecule has 14 heavy (non-hydrogen) atoms. The quantitative estimate of drug-likeness (QED) is 0.586. The number of aromatic nitrogens is 2. The molecule has 0 aliphatic heterocycles. The van der Waals surface area contributed by atoms with Crippen molar-refractivity contribution in [3.8, 4) is 0 Å². The first-order chi connectivity index (χ1) is 6.24. The molecule has 0 saturated carbocycles. The zero-order valence-electron chi connectivity index (χ0n) is 7.98. The third-order valence-electron chi connectivity index (χ3n) is 1.76. The molecule has 1 aromatic rings. The van der Waals surface area contributed by atoms with Crippen molar-refractivity contribution in [3.05, 3.63) is 24.0 Å². The summed E-state index contributed by atoms with van der Waals surface area (Å²) in [6.45, 7) is 2.95. The molecule has 0 saturated heterocycles. The molecule has 1 aromatic heterocycles. The van der Waals surface area contributed by atoms with Gasteiger partial charge in [-0.05, 0) is 5.10 Å². The number of hydrogen-bond donors (Lipinski definition) is 1. The second-order valence-corrected chi connectivity index (χ2v) is 2.84. The van der Waals surface area contributed by atoms with Crippen LogP contribution in [0.15, 0.2) is 18.5 Å². The van der Waals surface area contributed by atoms with Gasteiger partial charge in [-0.3, -0.25) is 0 Å². The Balaban J connectivity index is 0.00000169. The Bertz CT molecular complexity index is 287. The van der Waals surface area contributed by atoms with Crippen molar-refractivity contribution in [2.75, 3.05) is 0 Å². The summed E-state index contributed by atoms with van der Waals surface area (Å²) in [5, 5.41) is 12.6. The molecule has 0 fully saturated rings. The standard InChI is InChI=1S/C9H12N2O2.ClH/c1-2-3-5-11-6-4-8(7-10-11)9(12)13;/h4,6-7H,2-3,5H2,1H3;1H. The number of carboxylic acid groups (broad SMARTS) is 1. The molecule has 0 amide bonds. The number of carboxylic acids is 1. The van der Waals surface area contributed by atoms with Crippen LogP contribution in [0.4, 0.5) is 0 Å². The van der Waals surface area contributed by atoms with Gasteiger partial charge in [0.2, 0.25) is 0 Å². The van der Waals surface area contributed by atoms with E-state index < -0.39 is 5.97 Å². The van der Waals surface area contributed by atoms with Crippen molar-refractivity contribution in [2.45, 2.75) is 26.3 Å². The van der Waals surface area contributed by atoms with Crippen molar-refractivity contribution >= 4 is 5.97 Å². The minimum Gasteiger partial charge on any atom is -1.00 e. The number of halogens is 1. The molecular weight excluding hydrogens is 204 g/mol. The highest BCUT2D eigenvalue weighted by Gasteiger charge is 2.06. The predicted octanol–water partition coefficient (Wildman–Crippen LogP) is -2.13. The summed E-state index contributed by atoms with van der Waals surface area (Å²) in [5.41, 5.74) is 0.229. The maximum atomic E-state index is 10.5. The molecule has 0 aliphatic carbocycles. The van der Waals surface area contributed by atoms with E-state index >= 15 is 0 Å². The van der Waals surface area contributed by atoms with E-state index in [1.807, 2.05) is 0 Å². The average molecular weight is 217 g/mol. The number of aryl methyl sites for hydroxylation is 1. The fourth-order valence-corrected chi connectivity index (χ4v) is 0.963. The molecule has 0 aliphatic rings. The summed E-state index contributed by atoms with van der Waals surface area (Å²) >= 11 is 0. The fraction of sp³-hybridized carbons (Fsp3) is 0.444. The smallest absolute Gasteiger partial charge is 0.337 e. The van der Waals surface area contributed by atoms with Gasteiger partial charge in [0.15, 0.2) is 12.7 Å². The van der Waals surface area contributed by atoms with E-state index in [-0.39, 0.29) is 18.0 Å². The van der Waals surface area contributed by atoms with Crippen molar-refractivity contribution in [3.63, 3.8) is 0 Å². The van der Waals surface area contributed by atoms with Crippen LogP contribution in [-0.2, 0) is 6.54 Å². The second-order valence-electron chi connectivity index (χ2n) is 2.84. The van der Waals surface area contributed by atoms with Gasteiger partial charge in [-0.15, -0.1) is 0 Å². The summed E-state index contributed by atoms with van der Waals surface area (Å²) < 4.78 is 1.75. The highest BCUT2D eigenvalue weighted by molar-refractivity contribution is 5.86. The van der Waals surface area contributed by atoms with Crippen molar-refractivity contribution in [1.82, 2.24) is 5.10 Å². The number of unbranched alkanes of at least 4 members (excludes halogenated alkanes) is 1. The fourth-order valence-electron chi connectivity index (χ4n) is 0.963. The first kappa shape index (κ1) is 12.8. The molecule has 0 bridgehead atoms. The van der Waals surface area contributed by atoms with Crippen LogP contribution in [0, 0.1) is 0 Å². The molecule has 78 valence electrons. The van der Waals surface area contributed by atoms with Crippen LogP contribution < -0.4 is 17.1 Å². The summed E-state index contributed by atoms with van der Waals surface area (Å²) in [6.07, 6.45) is 5.23. The van der Waals surface area contributed by atoms with Crippen molar-refractivity contribution in [2.24, 2.45) is 0 Å². The minimum absolute atomic E-state index is 0. The van der Waals surface area contributed by atoms with Gasteiger partial charge < -0.3 is 17.5 Å². The van der Waals surface area contributed by atoms with Crippen molar-refractivity contribution in [1.29, 1.82) is 0 Å². The maximum Gasteiger partial charge on any atom is 0.337 e. The Kier molecular flexibility index (Phi) is 5.79. The van der Waals surface area contributed by atoms with Crippen molar-refractivity contribution < 1.29 is 27.0 Å². The van der Waals surface area contributed by atoms with Crippen LogP contribution in [0.3, 0.4) is 0 Å². The van der Waals surface area contributed by atoms with E-state index in [1.54, 1.807) is 16.9 Å². The lowest BCUT2D eigenvalue weighted by Gasteiger charge is -1.92. The van der Waals surface area contributed by atoms with Gasteiger partial charge in [-0.2, -0.15) is 0 Å². The van der Waals surface area contributed by atoms with Crippen LogP contribution in [0.1, 0.15) is 30.1 Å². The third kappa shape index (κ3) is 3.70. The summed E-state index contributed by atoms with van der Waals surface area (Å²) in [6, 6.07) is 1.56. The lowest BCUT2D eigenvalue weighted by Crippen LogP contribution is -3.00. The first-order valence-corrected chi connectivity index (χ1v) is 4.33. The first-order valence-electron chi connectivity index (χ1n) is 4.33. The van der Waals surface area contributed by atoms with Gasteiger partial charge in [0.05, 0.1) is 5.56 Å². The Morgan fingerprint density at radius 3 is 2.79 bits per heavy atom. The number of nitrogens with zero attached hydrogens (tertiary/aromatic N) is 2. The van der Waals surface area contributed by atoms with Gasteiger partial charge in [-0.25, -0.2) is 4.79 Å². The normalized spacial score (nSPS) is 9.21. The van der Waals surface area contributed by atoms with Gasteiger partial charge in [0, 0.05) is 12.5 Å². The second kappa shape index (κ2) is 6.32. The summed E-state index contributed by atoms with van der Waals surface area (Å²) in [4.78, 5) is 10.5. The van der Waals surface area contributed by atoms with Crippen LogP contribution in [0.2, 0.25) is 0 Å². The Hall–Kier alpha value is -1.16. The SMILES string of the molecule is CCCC[n+]1ccc(C(=O)O)cn1.[Cl-]. The minimum atomic E-state index is -0.935. The predicted molar refractivity (Wildman–Crippen MR) is 46.3 cm³/mol. The van der Waals surface area contributed by atoms with Crippen LogP contribution in [0.25, 0.3) is 0 Å². The number of rotatable bonds is 4. The van der Waals surface area contributed by atoms with Crippen LogP contribution in [0.5, 0.6) is 0 Å². The van der Waals surface area contributed by atoms with Gasteiger partial charge >= 0.3 is 5.97 Å². The number of hydrogen-bond acceptors (Lipinski definition) is 2. The third-order valence-corrected chi connectivity index (χ3v) is 1.76. The molecule has 0 unspecified atom stereocenters. The van der Waals surface area contributed by atoms with Gasteiger partial charge in [0.1, 0.15) is 6.20 Å². The Morgan fingerprint density at radius 1 is 1.64 bits per heavy atom. The lowest BCUT2D eigenvalue weighted by molar-refractivity contribution is -0.754. The Morgan fingerprint density at radius 2 is 2.36 bits per heavy atom. The van der Waals surface area contributed by atoms with E-state index in [2.05, 4.69) is 12.0 Å². The van der Waals surface area contributed by atoms with Crippen LogP contribution in [-0.4, -0.2) is 16.2 Å². The molecule has 0 spiro atoms. The zero-order chi connectivity index (χ0) is 9.68. The molecule has 0 radical (unpaired) electrons. The molecule has 1 rings (SSSR count).